The van der Waals surface area contributed by atoms with Gasteiger partial charge in [-0.3, -0.25) is 4.79 Å². The molecule has 0 aliphatic rings. The Morgan fingerprint density at radius 1 is 1.30 bits per heavy atom. The molecule has 0 aliphatic heterocycles. The number of furan rings is 1. The Bertz CT molecular complexity index is 644. The number of nitrogen functional groups attached to an aromatic ring is 1. The van der Waals surface area contributed by atoms with Crippen LogP contribution < -0.4 is 11.1 Å². The third kappa shape index (κ3) is 2.85. The fourth-order valence-electron chi connectivity index (χ4n) is 2.36. The van der Waals surface area contributed by atoms with E-state index in [0.29, 0.717) is 11.3 Å². The summed E-state index contributed by atoms with van der Waals surface area (Å²) in [5.41, 5.74) is 8.83. The van der Waals surface area contributed by atoms with E-state index in [-0.39, 0.29) is 11.8 Å². The number of benzene rings is 1. The first-order valence-corrected chi connectivity index (χ1v) is 6.62. The lowest BCUT2D eigenvalue weighted by Gasteiger charge is -2.16. The van der Waals surface area contributed by atoms with Gasteiger partial charge in [-0.05, 0) is 52.0 Å². The minimum atomic E-state index is -0.0332. The summed E-state index contributed by atoms with van der Waals surface area (Å²) in [4.78, 5) is 11.5. The predicted molar refractivity (Wildman–Crippen MR) is 81.1 cm³/mol. The monoisotopic (exact) mass is 272 g/mol. The van der Waals surface area contributed by atoms with Crippen molar-refractivity contribution in [3.05, 3.63) is 46.9 Å². The van der Waals surface area contributed by atoms with E-state index in [1.54, 1.807) is 12.1 Å². The summed E-state index contributed by atoms with van der Waals surface area (Å²) < 4.78 is 5.54. The number of ketones is 1. The number of hydrogen-bond donors (Lipinski definition) is 2. The van der Waals surface area contributed by atoms with Gasteiger partial charge in [0.05, 0.1) is 6.04 Å². The summed E-state index contributed by atoms with van der Waals surface area (Å²) in [6.45, 7) is 7.45. The molecule has 0 fully saturated rings. The Kier molecular flexibility index (Phi) is 3.84. The van der Waals surface area contributed by atoms with E-state index in [4.69, 9.17) is 10.2 Å². The zero-order chi connectivity index (χ0) is 14.9. The SMILES string of the molecule is CC(=O)c1cc(NC(C)c2cc(C)oc2C)ccc1N. The first-order valence-electron chi connectivity index (χ1n) is 6.62. The third-order valence-electron chi connectivity index (χ3n) is 3.36. The smallest absolute Gasteiger partial charge is 0.161 e. The molecule has 0 saturated carbocycles. The van der Waals surface area contributed by atoms with Gasteiger partial charge in [0.2, 0.25) is 0 Å². The van der Waals surface area contributed by atoms with Crippen molar-refractivity contribution in [2.24, 2.45) is 0 Å². The van der Waals surface area contributed by atoms with Crippen LogP contribution in [0.2, 0.25) is 0 Å². The van der Waals surface area contributed by atoms with Gasteiger partial charge >= 0.3 is 0 Å². The molecule has 4 nitrogen and oxygen atoms in total. The summed E-state index contributed by atoms with van der Waals surface area (Å²) in [6, 6.07) is 7.53. The normalized spacial score (nSPS) is 12.2. The highest BCUT2D eigenvalue weighted by molar-refractivity contribution is 6.00. The second-order valence-electron chi connectivity index (χ2n) is 5.09. The molecule has 1 aromatic heterocycles. The third-order valence-corrected chi connectivity index (χ3v) is 3.36. The van der Waals surface area contributed by atoms with Crippen molar-refractivity contribution >= 4 is 17.2 Å². The maximum Gasteiger partial charge on any atom is 0.161 e. The average molecular weight is 272 g/mol. The second-order valence-corrected chi connectivity index (χ2v) is 5.09. The van der Waals surface area contributed by atoms with E-state index >= 15 is 0 Å². The molecular formula is C16H20N2O2. The lowest BCUT2D eigenvalue weighted by atomic mass is 10.1. The van der Waals surface area contributed by atoms with Crippen molar-refractivity contribution in [1.29, 1.82) is 0 Å². The molecule has 0 amide bonds. The Morgan fingerprint density at radius 2 is 2.00 bits per heavy atom. The van der Waals surface area contributed by atoms with E-state index in [0.717, 1.165) is 22.8 Å². The summed E-state index contributed by atoms with van der Waals surface area (Å²) in [7, 11) is 0. The van der Waals surface area contributed by atoms with Gasteiger partial charge in [-0.25, -0.2) is 0 Å². The van der Waals surface area contributed by atoms with Gasteiger partial charge in [0.25, 0.3) is 0 Å². The van der Waals surface area contributed by atoms with Crippen molar-refractivity contribution in [2.45, 2.75) is 33.7 Å². The van der Waals surface area contributed by atoms with Gasteiger partial charge in [0, 0.05) is 22.5 Å². The highest BCUT2D eigenvalue weighted by Gasteiger charge is 2.13. The van der Waals surface area contributed by atoms with E-state index < -0.39 is 0 Å². The highest BCUT2D eigenvalue weighted by Crippen LogP contribution is 2.26. The minimum absolute atomic E-state index is 0.0332. The van der Waals surface area contributed by atoms with Gasteiger partial charge in [-0.1, -0.05) is 0 Å². The zero-order valence-corrected chi connectivity index (χ0v) is 12.3. The molecular weight excluding hydrogens is 252 g/mol. The van der Waals surface area contributed by atoms with Gasteiger partial charge in [-0.2, -0.15) is 0 Å². The minimum Gasteiger partial charge on any atom is -0.466 e. The molecule has 1 unspecified atom stereocenters. The number of nitrogens with two attached hydrogens (primary N) is 1. The van der Waals surface area contributed by atoms with E-state index in [2.05, 4.69) is 12.2 Å². The van der Waals surface area contributed by atoms with Crippen LogP contribution in [0.25, 0.3) is 0 Å². The first-order chi connectivity index (χ1) is 9.38. The van der Waals surface area contributed by atoms with Crippen LogP contribution >= 0.6 is 0 Å². The molecule has 0 aliphatic carbocycles. The van der Waals surface area contributed by atoms with Crippen molar-refractivity contribution in [2.75, 3.05) is 11.1 Å². The first kappa shape index (κ1) is 14.2. The molecule has 0 saturated heterocycles. The van der Waals surface area contributed by atoms with Crippen LogP contribution in [0.4, 0.5) is 11.4 Å². The Labute approximate surface area is 119 Å². The Morgan fingerprint density at radius 3 is 2.55 bits per heavy atom. The van der Waals surface area contributed by atoms with E-state index in [9.17, 15) is 4.79 Å². The van der Waals surface area contributed by atoms with E-state index in [1.165, 1.54) is 6.92 Å². The lowest BCUT2D eigenvalue weighted by molar-refractivity contribution is 0.101. The molecule has 2 rings (SSSR count). The molecule has 0 radical (unpaired) electrons. The topological polar surface area (TPSA) is 68.3 Å². The molecule has 106 valence electrons. The summed E-state index contributed by atoms with van der Waals surface area (Å²) in [5, 5.41) is 3.37. The largest absolute Gasteiger partial charge is 0.466 e. The molecule has 2 aromatic rings. The van der Waals surface area contributed by atoms with Gasteiger partial charge < -0.3 is 15.5 Å². The molecule has 1 heterocycles. The molecule has 20 heavy (non-hydrogen) atoms. The van der Waals surface area contributed by atoms with Crippen LogP contribution in [0.1, 0.15) is 47.3 Å². The number of anilines is 2. The Balaban J connectivity index is 2.24. The standard InChI is InChI=1S/C16H20N2O2/c1-9-7-14(12(4)20-9)10(2)18-13-5-6-16(17)15(8-13)11(3)19/h5-8,10,18H,17H2,1-4H3. The van der Waals surface area contributed by atoms with Gasteiger partial charge in [0.1, 0.15) is 11.5 Å². The molecule has 0 spiro atoms. The van der Waals surface area contributed by atoms with Gasteiger partial charge in [0.15, 0.2) is 5.78 Å². The number of aryl methyl sites for hydroxylation is 2. The maximum absolute atomic E-state index is 11.5. The molecule has 4 heteroatoms. The van der Waals surface area contributed by atoms with Crippen molar-refractivity contribution in [1.82, 2.24) is 0 Å². The lowest BCUT2D eigenvalue weighted by Crippen LogP contribution is -2.08. The summed E-state index contributed by atoms with van der Waals surface area (Å²) >= 11 is 0. The number of Topliss-reactive ketones (excluding diaryl/α,β-unsaturated/α-hetero) is 1. The maximum atomic E-state index is 11.5. The van der Waals surface area contributed by atoms with Crippen LogP contribution in [0, 0.1) is 13.8 Å². The van der Waals surface area contributed by atoms with Crippen molar-refractivity contribution < 1.29 is 9.21 Å². The van der Waals surface area contributed by atoms with Crippen LogP contribution in [0.15, 0.2) is 28.7 Å². The highest BCUT2D eigenvalue weighted by atomic mass is 16.3. The number of hydrogen-bond acceptors (Lipinski definition) is 4. The van der Waals surface area contributed by atoms with Crippen molar-refractivity contribution in [3.8, 4) is 0 Å². The second kappa shape index (κ2) is 5.41. The van der Waals surface area contributed by atoms with Crippen LogP contribution in [-0.4, -0.2) is 5.78 Å². The Hall–Kier alpha value is -2.23. The fourth-order valence-corrected chi connectivity index (χ4v) is 2.36. The summed E-state index contributed by atoms with van der Waals surface area (Å²) in [5.74, 6) is 1.77. The molecule has 1 atom stereocenters. The van der Waals surface area contributed by atoms with Crippen molar-refractivity contribution in [3.63, 3.8) is 0 Å². The number of rotatable bonds is 4. The molecule has 3 N–H and O–H groups in total. The number of nitrogens with one attached hydrogen (secondary N) is 1. The number of carbonyl (C=O) groups excluding carboxylic acids is 1. The van der Waals surface area contributed by atoms with Crippen LogP contribution in [0.5, 0.6) is 0 Å². The molecule has 0 bridgehead atoms. The van der Waals surface area contributed by atoms with Crippen LogP contribution in [-0.2, 0) is 0 Å². The molecule has 1 aromatic carbocycles. The number of carbonyl (C=O) groups is 1. The zero-order valence-electron chi connectivity index (χ0n) is 12.3. The average Bonchev–Trinajstić information content (AvgIpc) is 2.70. The van der Waals surface area contributed by atoms with Gasteiger partial charge in [-0.15, -0.1) is 0 Å². The predicted octanol–water partition coefficient (Wildman–Crippen LogP) is 3.85. The summed E-state index contributed by atoms with van der Waals surface area (Å²) in [6.07, 6.45) is 0. The van der Waals surface area contributed by atoms with Crippen LogP contribution in [0.3, 0.4) is 0 Å². The van der Waals surface area contributed by atoms with E-state index in [1.807, 2.05) is 26.0 Å². The fraction of sp³-hybridized carbons (Fsp3) is 0.312. The quantitative estimate of drug-likeness (QED) is 0.655.